The molecule has 23 heavy (non-hydrogen) atoms. The van der Waals surface area contributed by atoms with Crippen molar-refractivity contribution < 1.29 is 5.11 Å². The Morgan fingerprint density at radius 3 is 2.48 bits per heavy atom. The number of anilines is 1. The number of rotatable bonds is 4. The first-order valence-electron chi connectivity index (χ1n) is 7.69. The summed E-state index contributed by atoms with van der Waals surface area (Å²) in [6.45, 7) is 4.87. The highest BCUT2D eigenvalue weighted by Gasteiger charge is 2.23. The van der Waals surface area contributed by atoms with E-state index < -0.39 is 6.10 Å². The van der Waals surface area contributed by atoms with E-state index in [9.17, 15) is 5.11 Å². The van der Waals surface area contributed by atoms with Gasteiger partial charge in [-0.05, 0) is 42.3 Å². The second-order valence-corrected chi connectivity index (χ2v) is 6.97. The van der Waals surface area contributed by atoms with Gasteiger partial charge in [0.1, 0.15) is 0 Å². The second-order valence-electron chi connectivity index (χ2n) is 6.10. The van der Waals surface area contributed by atoms with Crippen molar-refractivity contribution in [3.8, 4) is 0 Å². The largest absolute Gasteiger partial charge is 0.392 e. The molecule has 1 N–H and O–H groups in total. The summed E-state index contributed by atoms with van der Waals surface area (Å²) in [6, 6.07) is 13.9. The van der Waals surface area contributed by atoms with Crippen molar-refractivity contribution in [1.29, 1.82) is 0 Å². The van der Waals surface area contributed by atoms with Gasteiger partial charge >= 0.3 is 0 Å². The Hall–Kier alpha value is -1.26. The zero-order chi connectivity index (χ0) is 16.4. The summed E-state index contributed by atoms with van der Waals surface area (Å²) in [4.78, 5) is 4.53. The van der Waals surface area contributed by atoms with E-state index >= 15 is 0 Å². The second kappa shape index (κ2) is 7.10. The number of benzene rings is 2. The van der Waals surface area contributed by atoms with Crippen molar-refractivity contribution in [1.82, 2.24) is 4.90 Å². The molecule has 2 aromatic carbocycles. The van der Waals surface area contributed by atoms with E-state index in [0.717, 1.165) is 35.5 Å². The summed E-state index contributed by atoms with van der Waals surface area (Å²) >= 11 is 12.1. The molecule has 0 bridgehead atoms. The van der Waals surface area contributed by atoms with Crippen molar-refractivity contribution >= 4 is 28.9 Å². The van der Waals surface area contributed by atoms with Crippen LogP contribution in [0.3, 0.4) is 0 Å². The van der Waals surface area contributed by atoms with Crippen LogP contribution in [0.2, 0.25) is 10.0 Å². The van der Waals surface area contributed by atoms with Crippen molar-refractivity contribution in [3.63, 3.8) is 0 Å². The molecule has 3 rings (SSSR count). The maximum absolute atomic E-state index is 9.80. The fraction of sp³-hybridized carbons (Fsp3) is 0.333. The quantitative estimate of drug-likeness (QED) is 0.896. The van der Waals surface area contributed by atoms with Gasteiger partial charge in [0.05, 0.1) is 12.8 Å². The van der Waals surface area contributed by atoms with Gasteiger partial charge in [-0.25, -0.2) is 0 Å². The molecular weight excluding hydrogens is 331 g/mol. The van der Waals surface area contributed by atoms with Gasteiger partial charge in [0.25, 0.3) is 0 Å². The van der Waals surface area contributed by atoms with Crippen LogP contribution in [0, 0.1) is 0 Å². The fourth-order valence-electron chi connectivity index (χ4n) is 3.00. The molecule has 0 spiro atoms. The zero-order valence-corrected chi connectivity index (χ0v) is 14.6. The molecule has 0 saturated carbocycles. The number of β-amino-alcohol motifs (C(OH)–C–C–N with tert-alkyl or cyclic N) is 1. The average Bonchev–Trinajstić information content (AvgIpc) is 2.50. The molecular formula is C18H20Cl2N2O. The van der Waals surface area contributed by atoms with Crippen LogP contribution in [0.5, 0.6) is 0 Å². The van der Waals surface area contributed by atoms with Gasteiger partial charge in [-0.2, -0.15) is 0 Å². The Morgan fingerprint density at radius 1 is 1.09 bits per heavy atom. The van der Waals surface area contributed by atoms with E-state index in [2.05, 4.69) is 28.0 Å². The Balaban J connectivity index is 1.81. The third-order valence-corrected chi connectivity index (χ3v) is 4.44. The lowest BCUT2D eigenvalue weighted by atomic mass is 10.1. The standard InChI is InChI=1S/C18H20Cl2N2O/c1-13(23)9-22-12-21(10-14-2-5-16(19)6-3-14)11-15-4-7-17(20)8-18(15)22/h2-8,13,23H,9-12H2,1H3/t13-/m1/s1. The molecule has 3 nitrogen and oxygen atoms in total. The Bertz CT molecular complexity index is 673. The summed E-state index contributed by atoms with van der Waals surface area (Å²) in [6.07, 6.45) is -0.391. The van der Waals surface area contributed by atoms with Crippen LogP contribution in [0.25, 0.3) is 0 Å². The first kappa shape index (κ1) is 16.6. The summed E-state index contributed by atoms with van der Waals surface area (Å²) < 4.78 is 0. The van der Waals surface area contributed by atoms with E-state index in [4.69, 9.17) is 23.2 Å². The normalized spacial score (nSPS) is 16.3. The zero-order valence-electron chi connectivity index (χ0n) is 13.0. The molecule has 0 radical (unpaired) electrons. The van der Waals surface area contributed by atoms with E-state index in [0.29, 0.717) is 6.54 Å². The van der Waals surface area contributed by atoms with Gasteiger partial charge in [0.15, 0.2) is 0 Å². The molecule has 0 aliphatic carbocycles. The number of aliphatic hydroxyl groups excluding tert-OH is 1. The molecule has 122 valence electrons. The van der Waals surface area contributed by atoms with E-state index in [1.165, 1.54) is 11.1 Å². The highest BCUT2D eigenvalue weighted by atomic mass is 35.5. The average molecular weight is 351 g/mol. The number of aliphatic hydroxyl groups is 1. The summed E-state index contributed by atoms with van der Waals surface area (Å²) in [5, 5.41) is 11.3. The Morgan fingerprint density at radius 2 is 1.78 bits per heavy atom. The maximum Gasteiger partial charge on any atom is 0.0714 e. The van der Waals surface area contributed by atoms with Crippen molar-refractivity contribution in [3.05, 3.63) is 63.6 Å². The smallest absolute Gasteiger partial charge is 0.0714 e. The molecule has 0 aromatic heterocycles. The molecule has 1 heterocycles. The van der Waals surface area contributed by atoms with Crippen LogP contribution in [-0.2, 0) is 13.1 Å². The molecule has 0 amide bonds. The summed E-state index contributed by atoms with van der Waals surface area (Å²) in [5.74, 6) is 0. The highest BCUT2D eigenvalue weighted by Crippen LogP contribution is 2.31. The maximum atomic E-state index is 9.80. The van der Waals surface area contributed by atoms with Crippen LogP contribution in [0.1, 0.15) is 18.1 Å². The topological polar surface area (TPSA) is 26.7 Å². The minimum absolute atomic E-state index is 0.391. The summed E-state index contributed by atoms with van der Waals surface area (Å²) in [5.41, 5.74) is 3.57. The van der Waals surface area contributed by atoms with Crippen molar-refractivity contribution in [2.75, 3.05) is 18.1 Å². The van der Waals surface area contributed by atoms with Crippen molar-refractivity contribution in [2.24, 2.45) is 0 Å². The van der Waals surface area contributed by atoms with E-state index in [1.807, 2.05) is 31.2 Å². The third kappa shape index (κ3) is 4.18. The van der Waals surface area contributed by atoms with Gasteiger partial charge in [-0.1, -0.05) is 41.4 Å². The van der Waals surface area contributed by atoms with Crippen LogP contribution >= 0.6 is 23.2 Å². The minimum atomic E-state index is -0.391. The summed E-state index contributed by atoms with van der Waals surface area (Å²) in [7, 11) is 0. The van der Waals surface area contributed by atoms with Crippen LogP contribution in [-0.4, -0.2) is 29.3 Å². The van der Waals surface area contributed by atoms with Crippen LogP contribution in [0.15, 0.2) is 42.5 Å². The van der Waals surface area contributed by atoms with Gasteiger partial charge < -0.3 is 10.0 Å². The number of fused-ring (bicyclic) bond motifs is 1. The number of hydrogen-bond acceptors (Lipinski definition) is 3. The Labute approximate surface area is 147 Å². The van der Waals surface area contributed by atoms with E-state index in [1.54, 1.807) is 0 Å². The first-order chi connectivity index (χ1) is 11.0. The monoisotopic (exact) mass is 350 g/mol. The number of nitrogens with zero attached hydrogens (tertiary/aromatic N) is 2. The first-order valence-corrected chi connectivity index (χ1v) is 8.45. The fourth-order valence-corrected chi connectivity index (χ4v) is 3.29. The van der Waals surface area contributed by atoms with Gasteiger partial charge in [0.2, 0.25) is 0 Å². The third-order valence-electron chi connectivity index (χ3n) is 3.96. The lowest BCUT2D eigenvalue weighted by Crippen LogP contribution is -2.44. The molecule has 1 atom stereocenters. The molecule has 1 aliphatic rings. The van der Waals surface area contributed by atoms with Crippen LogP contribution in [0.4, 0.5) is 5.69 Å². The SMILES string of the molecule is C[C@@H](O)CN1CN(Cc2ccc(Cl)cc2)Cc2ccc(Cl)cc21. The van der Waals surface area contributed by atoms with Gasteiger partial charge in [-0.15, -0.1) is 0 Å². The predicted molar refractivity (Wildman–Crippen MR) is 96.0 cm³/mol. The van der Waals surface area contributed by atoms with Gasteiger partial charge in [0, 0.05) is 35.4 Å². The lowest BCUT2D eigenvalue weighted by molar-refractivity contribution is 0.181. The Kier molecular flexibility index (Phi) is 5.12. The molecule has 0 saturated heterocycles. The molecule has 0 fully saturated rings. The van der Waals surface area contributed by atoms with Crippen molar-refractivity contribution in [2.45, 2.75) is 26.1 Å². The van der Waals surface area contributed by atoms with E-state index in [-0.39, 0.29) is 0 Å². The highest BCUT2D eigenvalue weighted by molar-refractivity contribution is 6.31. The van der Waals surface area contributed by atoms with Gasteiger partial charge in [-0.3, -0.25) is 4.90 Å². The van der Waals surface area contributed by atoms with Crippen LogP contribution < -0.4 is 4.90 Å². The molecule has 2 aromatic rings. The minimum Gasteiger partial charge on any atom is -0.392 e. The molecule has 1 aliphatic heterocycles. The number of halogens is 2. The molecule has 5 heteroatoms. The lowest BCUT2D eigenvalue weighted by Gasteiger charge is -2.39. The number of hydrogen-bond donors (Lipinski definition) is 1. The molecule has 0 unspecified atom stereocenters. The predicted octanol–water partition coefficient (Wildman–Crippen LogP) is 4.15.